The second-order valence-corrected chi connectivity index (χ2v) is 7.19. The zero-order valence-electron chi connectivity index (χ0n) is 13.5. The molecule has 0 saturated heterocycles. The van der Waals surface area contributed by atoms with Gasteiger partial charge >= 0.3 is 0 Å². The molecule has 0 radical (unpaired) electrons. The summed E-state index contributed by atoms with van der Waals surface area (Å²) in [6.07, 6.45) is 5.24. The van der Waals surface area contributed by atoms with Gasteiger partial charge in [0.1, 0.15) is 0 Å². The SMILES string of the molecule is COCCCCN(C)C1CC(O)CCC1C(C)(C)C. The lowest BCUT2D eigenvalue weighted by molar-refractivity contribution is -0.00297. The topological polar surface area (TPSA) is 32.7 Å². The number of hydrogen-bond donors (Lipinski definition) is 1. The van der Waals surface area contributed by atoms with Crippen molar-refractivity contribution in [1.82, 2.24) is 4.90 Å². The Morgan fingerprint density at radius 1 is 1.21 bits per heavy atom. The molecule has 3 nitrogen and oxygen atoms in total. The zero-order chi connectivity index (χ0) is 14.5. The van der Waals surface area contributed by atoms with E-state index in [-0.39, 0.29) is 6.10 Å². The lowest BCUT2D eigenvalue weighted by Crippen LogP contribution is -2.48. The first kappa shape index (κ1) is 16.9. The molecule has 0 heterocycles. The predicted octanol–water partition coefficient (Wildman–Crippen LogP) is 2.92. The summed E-state index contributed by atoms with van der Waals surface area (Å²) in [5, 5.41) is 9.97. The Kier molecular flexibility index (Phi) is 6.78. The van der Waals surface area contributed by atoms with Crippen LogP contribution in [0.1, 0.15) is 52.9 Å². The quantitative estimate of drug-likeness (QED) is 0.754. The van der Waals surface area contributed by atoms with Gasteiger partial charge in [-0.2, -0.15) is 0 Å². The number of ether oxygens (including phenoxy) is 1. The molecule has 3 atom stereocenters. The Morgan fingerprint density at radius 3 is 2.47 bits per heavy atom. The fourth-order valence-corrected chi connectivity index (χ4v) is 3.40. The third-order valence-electron chi connectivity index (χ3n) is 4.58. The Labute approximate surface area is 119 Å². The van der Waals surface area contributed by atoms with E-state index >= 15 is 0 Å². The van der Waals surface area contributed by atoms with Gasteiger partial charge in [0, 0.05) is 19.8 Å². The van der Waals surface area contributed by atoms with Crippen molar-refractivity contribution in [3.63, 3.8) is 0 Å². The summed E-state index contributed by atoms with van der Waals surface area (Å²) in [5.74, 6) is 0.684. The van der Waals surface area contributed by atoms with Gasteiger partial charge in [0.2, 0.25) is 0 Å². The summed E-state index contributed by atoms with van der Waals surface area (Å²) >= 11 is 0. The van der Waals surface area contributed by atoms with E-state index in [1.807, 2.05) is 0 Å². The minimum absolute atomic E-state index is 0.106. The number of rotatable bonds is 6. The van der Waals surface area contributed by atoms with E-state index in [1.54, 1.807) is 7.11 Å². The van der Waals surface area contributed by atoms with Crippen LogP contribution in [0.15, 0.2) is 0 Å². The van der Waals surface area contributed by atoms with Crippen LogP contribution in [0.3, 0.4) is 0 Å². The van der Waals surface area contributed by atoms with Crippen molar-refractivity contribution in [2.24, 2.45) is 11.3 Å². The molecule has 3 heteroatoms. The standard InChI is InChI=1S/C16H33NO2/c1-16(2,3)14-9-8-13(18)12-15(14)17(4)10-6-7-11-19-5/h13-15,18H,6-12H2,1-5H3. The maximum Gasteiger partial charge on any atom is 0.0555 e. The molecule has 0 aliphatic heterocycles. The normalized spacial score (nSPS) is 28.9. The second-order valence-electron chi connectivity index (χ2n) is 7.19. The Bertz CT molecular complexity index is 250. The van der Waals surface area contributed by atoms with Crippen molar-refractivity contribution in [1.29, 1.82) is 0 Å². The average molecular weight is 271 g/mol. The summed E-state index contributed by atoms with van der Waals surface area (Å²) in [7, 11) is 3.98. The van der Waals surface area contributed by atoms with E-state index in [9.17, 15) is 5.11 Å². The molecule has 0 aromatic rings. The first-order valence-electron chi connectivity index (χ1n) is 7.73. The summed E-state index contributed by atoms with van der Waals surface area (Å²) in [5.41, 5.74) is 0.325. The maximum absolute atomic E-state index is 9.97. The average Bonchev–Trinajstić information content (AvgIpc) is 2.32. The summed E-state index contributed by atoms with van der Waals surface area (Å²) < 4.78 is 5.10. The van der Waals surface area contributed by atoms with Crippen molar-refractivity contribution >= 4 is 0 Å². The molecule has 1 fully saturated rings. The highest BCUT2D eigenvalue weighted by molar-refractivity contribution is 4.91. The third-order valence-corrected chi connectivity index (χ3v) is 4.58. The number of aliphatic hydroxyl groups excluding tert-OH is 1. The molecule has 1 aliphatic carbocycles. The maximum atomic E-state index is 9.97. The van der Waals surface area contributed by atoms with Crippen LogP contribution in [-0.2, 0) is 4.74 Å². The smallest absolute Gasteiger partial charge is 0.0555 e. The first-order chi connectivity index (χ1) is 8.86. The molecule has 0 bridgehead atoms. The van der Waals surface area contributed by atoms with Crippen LogP contribution in [0.2, 0.25) is 0 Å². The van der Waals surface area contributed by atoms with E-state index in [0.717, 1.165) is 38.8 Å². The summed E-state index contributed by atoms with van der Waals surface area (Å²) in [6.45, 7) is 8.96. The highest BCUT2D eigenvalue weighted by Gasteiger charge is 2.38. The van der Waals surface area contributed by atoms with Gasteiger partial charge in [-0.25, -0.2) is 0 Å². The Hall–Kier alpha value is -0.120. The molecule has 0 aromatic carbocycles. The lowest BCUT2D eigenvalue weighted by atomic mass is 9.68. The minimum Gasteiger partial charge on any atom is -0.393 e. The Morgan fingerprint density at radius 2 is 1.89 bits per heavy atom. The Balaban J connectivity index is 2.53. The van der Waals surface area contributed by atoms with Crippen LogP contribution in [0, 0.1) is 11.3 Å². The van der Waals surface area contributed by atoms with Gasteiger partial charge in [0.25, 0.3) is 0 Å². The van der Waals surface area contributed by atoms with Gasteiger partial charge in [-0.15, -0.1) is 0 Å². The van der Waals surface area contributed by atoms with E-state index in [1.165, 1.54) is 6.42 Å². The molecular weight excluding hydrogens is 238 g/mol. The van der Waals surface area contributed by atoms with Crippen LogP contribution in [-0.4, -0.2) is 49.5 Å². The van der Waals surface area contributed by atoms with Crippen molar-refractivity contribution in [2.45, 2.75) is 65.0 Å². The van der Waals surface area contributed by atoms with E-state index in [2.05, 4.69) is 32.7 Å². The van der Waals surface area contributed by atoms with E-state index in [4.69, 9.17) is 4.74 Å². The predicted molar refractivity (Wildman–Crippen MR) is 80.3 cm³/mol. The van der Waals surface area contributed by atoms with E-state index in [0.29, 0.717) is 17.4 Å². The largest absolute Gasteiger partial charge is 0.393 e. The number of hydrogen-bond acceptors (Lipinski definition) is 3. The molecular formula is C16H33NO2. The second kappa shape index (κ2) is 7.61. The van der Waals surface area contributed by atoms with Crippen molar-refractivity contribution in [3.05, 3.63) is 0 Å². The molecule has 0 aromatic heterocycles. The van der Waals surface area contributed by atoms with Crippen molar-refractivity contribution in [3.8, 4) is 0 Å². The van der Waals surface area contributed by atoms with Crippen LogP contribution < -0.4 is 0 Å². The van der Waals surface area contributed by atoms with Crippen LogP contribution >= 0.6 is 0 Å². The number of nitrogens with zero attached hydrogens (tertiary/aromatic N) is 1. The van der Waals surface area contributed by atoms with Crippen LogP contribution in [0.5, 0.6) is 0 Å². The molecule has 0 amide bonds. The van der Waals surface area contributed by atoms with Crippen molar-refractivity contribution < 1.29 is 9.84 Å². The molecule has 1 aliphatic rings. The highest BCUT2D eigenvalue weighted by atomic mass is 16.5. The van der Waals surface area contributed by atoms with Gasteiger partial charge < -0.3 is 14.7 Å². The summed E-state index contributed by atoms with van der Waals surface area (Å²) in [6, 6.07) is 0.520. The van der Waals surface area contributed by atoms with Crippen LogP contribution in [0.25, 0.3) is 0 Å². The molecule has 0 spiro atoms. The minimum atomic E-state index is -0.106. The fraction of sp³-hybridized carbons (Fsp3) is 1.00. The molecule has 1 N–H and O–H groups in total. The van der Waals surface area contributed by atoms with E-state index < -0.39 is 0 Å². The number of methoxy groups -OCH3 is 1. The number of unbranched alkanes of at least 4 members (excludes halogenated alkanes) is 1. The fourth-order valence-electron chi connectivity index (χ4n) is 3.40. The third kappa shape index (κ3) is 5.41. The first-order valence-corrected chi connectivity index (χ1v) is 7.73. The van der Waals surface area contributed by atoms with Gasteiger partial charge in [0.15, 0.2) is 0 Å². The van der Waals surface area contributed by atoms with Crippen molar-refractivity contribution in [2.75, 3.05) is 27.3 Å². The molecule has 1 saturated carbocycles. The molecule has 114 valence electrons. The molecule has 1 rings (SSSR count). The summed E-state index contributed by atoms with van der Waals surface area (Å²) in [4.78, 5) is 2.47. The van der Waals surface area contributed by atoms with Gasteiger partial charge in [0.05, 0.1) is 6.10 Å². The monoisotopic (exact) mass is 271 g/mol. The van der Waals surface area contributed by atoms with Crippen LogP contribution in [0.4, 0.5) is 0 Å². The van der Waals surface area contributed by atoms with Gasteiger partial charge in [-0.1, -0.05) is 20.8 Å². The number of aliphatic hydroxyl groups is 1. The van der Waals surface area contributed by atoms with Gasteiger partial charge in [-0.05, 0) is 57.0 Å². The van der Waals surface area contributed by atoms with Gasteiger partial charge in [-0.3, -0.25) is 0 Å². The molecule has 19 heavy (non-hydrogen) atoms. The lowest BCUT2D eigenvalue weighted by Gasteiger charge is -2.46. The molecule has 3 unspecified atom stereocenters. The zero-order valence-corrected chi connectivity index (χ0v) is 13.5. The highest BCUT2D eigenvalue weighted by Crippen LogP contribution is 2.40.